The van der Waals surface area contributed by atoms with Crippen LogP contribution in [0.5, 0.6) is 0 Å². The molecule has 0 fully saturated rings. The van der Waals surface area contributed by atoms with Crippen LogP contribution in [0.1, 0.15) is 16.1 Å². The van der Waals surface area contributed by atoms with Crippen LogP contribution in [-0.2, 0) is 0 Å². The number of Topliss-reactive ketones (excluding diaryl/α,β-unsaturated/α-hetero) is 1. The fraction of sp³-hybridized carbons (Fsp3) is 0.167. The average molecular weight is 312 g/mol. The summed E-state index contributed by atoms with van der Waals surface area (Å²) in [6, 6.07) is 7.31. The van der Waals surface area contributed by atoms with Crippen molar-refractivity contribution in [3.63, 3.8) is 0 Å². The topological polar surface area (TPSA) is 43.1 Å². The highest BCUT2D eigenvalue weighted by Gasteiger charge is 2.09. The summed E-state index contributed by atoms with van der Waals surface area (Å²) in [5.74, 6) is 0.403. The molecule has 17 heavy (non-hydrogen) atoms. The lowest BCUT2D eigenvalue weighted by Crippen LogP contribution is -2.01. The van der Waals surface area contributed by atoms with Crippen LogP contribution in [0.4, 0.5) is 0 Å². The molecular weight excluding hydrogens is 302 g/mol. The summed E-state index contributed by atoms with van der Waals surface area (Å²) in [4.78, 5) is 16.0. The molecular formula is C12H10BrNO2S. The van der Waals surface area contributed by atoms with E-state index in [2.05, 4.69) is 20.9 Å². The van der Waals surface area contributed by atoms with Crippen molar-refractivity contribution < 1.29 is 9.21 Å². The van der Waals surface area contributed by atoms with Crippen molar-refractivity contribution >= 4 is 33.5 Å². The Bertz CT molecular complexity index is 522. The van der Waals surface area contributed by atoms with Crippen LogP contribution >= 0.6 is 27.7 Å². The summed E-state index contributed by atoms with van der Waals surface area (Å²) in [6.45, 7) is 1.85. The highest BCUT2D eigenvalue weighted by atomic mass is 79.9. The first kappa shape index (κ1) is 12.4. The Labute approximate surface area is 112 Å². The molecule has 0 bridgehead atoms. The van der Waals surface area contributed by atoms with Crippen molar-refractivity contribution in [1.82, 2.24) is 4.98 Å². The number of rotatable bonds is 4. The maximum atomic E-state index is 11.8. The number of hydrogen-bond donors (Lipinski definition) is 0. The summed E-state index contributed by atoms with van der Waals surface area (Å²) in [5.41, 5.74) is 1.52. The first-order valence-electron chi connectivity index (χ1n) is 4.99. The minimum Gasteiger partial charge on any atom is -0.440 e. The van der Waals surface area contributed by atoms with E-state index < -0.39 is 0 Å². The second-order valence-corrected chi connectivity index (χ2v) is 5.32. The van der Waals surface area contributed by atoms with E-state index in [0.29, 0.717) is 16.5 Å². The van der Waals surface area contributed by atoms with Crippen molar-refractivity contribution in [2.24, 2.45) is 0 Å². The minimum atomic E-state index is 0.0679. The van der Waals surface area contributed by atoms with Gasteiger partial charge in [0.25, 0.3) is 5.22 Å². The number of hydrogen-bond acceptors (Lipinski definition) is 4. The Morgan fingerprint density at radius 3 is 2.71 bits per heavy atom. The van der Waals surface area contributed by atoms with Gasteiger partial charge in [-0.15, -0.1) is 0 Å². The number of carbonyl (C=O) groups excluding carboxylic acids is 1. The summed E-state index contributed by atoms with van der Waals surface area (Å²) in [5, 5.41) is 0.535. The van der Waals surface area contributed by atoms with E-state index in [1.54, 1.807) is 18.4 Å². The standard InChI is InChI=1S/C12H10BrNO2S/c1-8-6-16-12(14-8)17-7-11(15)9-2-4-10(13)5-3-9/h2-6H,7H2,1H3. The third-order valence-electron chi connectivity index (χ3n) is 2.09. The zero-order valence-corrected chi connectivity index (χ0v) is 11.5. The first-order chi connectivity index (χ1) is 8.15. The Morgan fingerprint density at radius 2 is 2.12 bits per heavy atom. The molecule has 2 rings (SSSR count). The molecule has 0 spiro atoms. The fourth-order valence-corrected chi connectivity index (χ4v) is 2.26. The van der Waals surface area contributed by atoms with Gasteiger partial charge in [0, 0.05) is 10.0 Å². The van der Waals surface area contributed by atoms with Gasteiger partial charge in [-0.3, -0.25) is 4.79 Å². The second-order valence-electron chi connectivity index (χ2n) is 3.47. The Morgan fingerprint density at radius 1 is 1.41 bits per heavy atom. The zero-order chi connectivity index (χ0) is 12.3. The van der Waals surface area contributed by atoms with Crippen LogP contribution in [0.15, 0.2) is 44.6 Å². The van der Waals surface area contributed by atoms with Crippen LogP contribution in [0.2, 0.25) is 0 Å². The number of carbonyl (C=O) groups is 1. The average Bonchev–Trinajstić information content (AvgIpc) is 2.73. The van der Waals surface area contributed by atoms with Crippen LogP contribution < -0.4 is 0 Å². The largest absolute Gasteiger partial charge is 0.440 e. The van der Waals surface area contributed by atoms with E-state index in [-0.39, 0.29) is 5.78 Å². The smallest absolute Gasteiger partial charge is 0.256 e. The van der Waals surface area contributed by atoms with Crippen molar-refractivity contribution in [3.05, 3.63) is 46.3 Å². The summed E-state index contributed by atoms with van der Waals surface area (Å²) in [6.07, 6.45) is 1.58. The van der Waals surface area contributed by atoms with Crippen molar-refractivity contribution in [2.75, 3.05) is 5.75 Å². The van der Waals surface area contributed by atoms with E-state index in [4.69, 9.17) is 4.42 Å². The molecule has 0 unspecified atom stereocenters. The molecule has 5 heteroatoms. The quantitative estimate of drug-likeness (QED) is 0.637. The van der Waals surface area contributed by atoms with Crippen molar-refractivity contribution in [3.8, 4) is 0 Å². The molecule has 0 atom stereocenters. The van der Waals surface area contributed by atoms with Gasteiger partial charge in [-0.2, -0.15) is 0 Å². The minimum absolute atomic E-state index is 0.0679. The molecule has 0 saturated heterocycles. The third kappa shape index (κ3) is 3.44. The van der Waals surface area contributed by atoms with Crippen LogP contribution in [0.3, 0.4) is 0 Å². The SMILES string of the molecule is Cc1coc(SCC(=O)c2ccc(Br)cc2)n1. The maximum Gasteiger partial charge on any atom is 0.256 e. The molecule has 0 aliphatic rings. The summed E-state index contributed by atoms with van der Waals surface area (Å²) >= 11 is 4.64. The Hall–Kier alpha value is -1.07. The maximum absolute atomic E-state index is 11.8. The molecule has 0 amide bonds. The van der Waals surface area contributed by atoms with Crippen LogP contribution in [0.25, 0.3) is 0 Å². The predicted octanol–water partition coefficient (Wildman–Crippen LogP) is 3.72. The van der Waals surface area contributed by atoms with Crippen LogP contribution in [0, 0.1) is 6.92 Å². The molecule has 0 aliphatic carbocycles. The number of benzene rings is 1. The Kier molecular flexibility index (Phi) is 4.02. The van der Waals surface area contributed by atoms with Gasteiger partial charge < -0.3 is 4.42 Å². The zero-order valence-electron chi connectivity index (χ0n) is 9.14. The molecule has 0 aliphatic heterocycles. The Balaban J connectivity index is 1.95. The summed E-state index contributed by atoms with van der Waals surface area (Å²) < 4.78 is 6.12. The van der Waals surface area contributed by atoms with Gasteiger partial charge in [0.15, 0.2) is 5.78 Å². The van der Waals surface area contributed by atoms with Gasteiger partial charge in [-0.25, -0.2) is 4.98 Å². The summed E-state index contributed by atoms with van der Waals surface area (Å²) in [7, 11) is 0. The molecule has 1 aromatic carbocycles. The number of nitrogens with zero attached hydrogens (tertiary/aromatic N) is 1. The fourth-order valence-electron chi connectivity index (χ4n) is 1.25. The molecule has 2 aromatic rings. The number of ketones is 1. The number of thioether (sulfide) groups is 1. The van der Waals surface area contributed by atoms with Gasteiger partial charge in [0.1, 0.15) is 6.26 Å². The molecule has 0 saturated carbocycles. The molecule has 0 radical (unpaired) electrons. The lowest BCUT2D eigenvalue weighted by Gasteiger charge is -1.99. The van der Waals surface area contributed by atoms with Gasteiger partial charge in [-0.05, 0) is 19.1 Å². The molecule has 1 heterocycles. The predicted molar refractivity (Wildman–Crippen MR) is 70.4 cm³/mol. The molecule has 0 N–H and O–H groups in total. The van der Waals surface area contributed by atoms with Gasteiger partial charge in [-0.1, -0.05) is 39.8 Å². The van der Waals surface area contributed by atoms with E-state index in [1.807, 2.05) is 19.1 Å². The highest BCUT2D eigenvalue weighted by Crippen LogP contribution is 2.19. The highest BCUT2D eigenvalue weighted by molar-refractivity contribution is 9.10. The number of aromatic nitrogens is 1. The van der Waals surface area contributed by atoms with E-state index in [1.165, 1.54) is 11.8 Å². The first-order valence-corrected chi connectivity index (χ1v) is 6.77. The van der Waals surface area contributed by atoms with Crippen molar-refractivity contribution in [1.29, 1.82) is 0 Å². The lowest BCUT2D eigenvalue weighted by atomic mass is 10.2. The van der Waals surface area contributed by atoms with E-state index >= 15 is 0 Å². The van der Waals surface area contributed by atoms with Gasteiger partial charge in [0.2, 0.25) is 0 Å². The van der Waals surface area contributed by atoms with Crippen LogP contribution in [-0.4, -0.2) is 16.5 Å². The molecule has 88 valence electrons. The van der Waals surface area contributed by atoms with Gasteiger partial charge >= 0.3 is 0 Å². The molecule has 1 aromatic heterocycles. The molecule has 3 nitrogen and oxygen atoms in total. The number of aryl methyl sites for hydroxylation is 1. The van der Waals surface area contributed by atoms with E-state index in [0.717, 1.165) is 10.2 Å². The second kappa shape index (κ2) is 5.51. The normalized spacial score (nSPS) is 10.5. The lowest BCUT2D eigenvalue weighted by molar-refractivity contribution is 0.102. The monoisotopic (exact) mass is 311 g/mol. The number of oxazole rings is 1. The third-order valence-corrected chi connectivity index (χ3v) is 3.46. The van der Waals surface area contributed by atoms with E-state index in [9.17, 15) is 4.79 Å². The van der Waals surface area contributed by atoms with Crippen molar-refractivity contribution in [2.45, 2.75) is 12.1 Å². The number of halogens is 1. The van der Waals surface area contributed by atoms with Gasteiger partial charge in [0.05, 0.1) is 11.4 Å².